The van der Waals surface area contributed by atoms with Crippen LogP contribution in [0.5, 0.6) is 0 Å². The summed E-state index contributed by atoms with van der Waals surface area (Å²) >= 11 is 0. The molecular weight excluding hydrogens is 274 g/mol. The summed E-state index contributed by atoms with van der Waals surface area (Å²) in [6, 6.07) is 18.4. The SMILES string of the molecule is Cc1ccccc1Cn1nnc(CO)c1Cc1ccccc1. The number of aryl methyl sites for hydroxylation is 1. The minimum absolute atomic E-state index is 0.0874. The highest BCUT2D eigenvalue weighted by molar-refractivity contribution is 5.28. The van der Waals surface area contributed by atoms with Crippen molar-refractivity contribution in [2.75, 3.05) is 0 Å². The molecule has 3 aromatic rings. The van der Waals surface area contributed by atoms with E-state index in [1.54, 1.807) is 0 Å². The molecule has 0 saturated heterocycles. The maximum atomic E-state index is 9.51. The van der Waals surface area contributed by atoms with Gasteiger partial charge in [0.25, 0.3) is 0 Å². The van der Waals surface area contributed by atoms with Gasteiger partial charge in [0.15, 0.2) is 0 Å². The average Bonchev–Trinajstić information content (AvgIpc) is 2.92. The van der Waals surface area contributed by atoms with Gasteiger partial charge in [0.1, 0.15) is 5.69 Å². The predicted octanol–water partition coefficient (Wildman–Crippen LogP) is 2.72. The molecule has 4 nitrogen and oxygen atoms in total. The molecule has 22 heavy (non-hydrogen) atoms. The Kier molecular flexibility index (Phi) is 4.30. The number of hydrogen-bond acceptors (Lipinski definition) is 3. The molecule has 4 heteroatoms. The molecule has 1 N–H and O–H groups in total. The van der Waals surface area contributed by atoms with Gasteiger partial charge in [0.05, 0.1) is 18.8 Å². The molecule has 0 aliphatic carbocycles. The standard InChI is InChI=1S/C18H19N3O/c1-14-7-5-6-10-16(14)12-21-18(17(13-22)19-20-21)11-15-8-3-2-4-9-15/h2-10,22H,11-13H2,1H3. The van der Waals surface area contributed by atoms with Crippen molar-refractivity contribution in [2.45, 2.75) is 26.5 Å². The van der Waals surface area contributed by atoms with E-state index in [-0.39, 0.29) is 6.61 Å². The highest BCUT2D eigenvalue weighted by atomic mass is 16.3. The minimum atomic E-state index is -0.0874. The highest BCUT2D eigenvalue weighted by Crippen LogP contribution is 2.16. The van der Waals surface area contributed by atoms with E-state index in [4.69, 9.17) is 0 Å². The van der Waals surface area contributed by atoms with Gasteiger partial charge in [-0.05, 0) is 23.6 Å². The Hall–Kier alpha value is -2.46. The van der Waals surface area contributed by atoms with E-state index in [0.717, 1.165) is 12.1 Å². The van der Waals surface area contributed by atoms with Crippen molar-refractivity contribution in [2.24, 2.45) is 0 Å². The van der Waals surface area contributed by atoms with Crippen molar-refractivity contribution in [1.82, 2.24) is 15.0 Å². The summed E-state index contributed by atoms with van der Waals surface area (Å²) in [5, 5.41) is 17.9. The fraction of sp³-hybridized carbons (Fsp3) is 0.222. The van der Waals surface area contributed by atoms with Crippen LogP contribution in [0.4, 0.5) is 0 Å². The molecule has 0 radical (unpaired) electrons. The molecule has 0 aliphatic heterocycles. The molecule has 2 aromatic carbocycles. The van der Waals surface area contributed by atoms with Gasteiger partial charge in [-0.15, -0.1) is 5.10 Å². The first-order valence-corrected chi connectivity index (χ1v) is 7.38. The van der Waals surface area contributed by atoms with E-state index in [2.05, 4.69) is 41.5 Å². The molecule has 0 amide bonds. The average molecular weight is 293 g/mol. The minimum Gasteiger partial charge on any atom is -0.390 e. The summed E-state index contributed by atoms with van der Waals surface area (Å²) in [5.41, 5.74) is 5.25. The molecule has 1 heterocycles. The summed E-state index contributed by atoms with van der Waals surface area (Å²) in [5.74, 6) is 0. The molecular formula is C18H19N3O. The second-order valence-corrected chi connectivity index (χ2v) is 5.39. The predicted molar refractivity (Wildman–Crippen MR) is 85.5 cm³/mol. The zero-order valence-electron chi connectivity index (χ0n) is 12.6. The van der Waals surface area contributed by atoms with E-state index >= 15 is 0 Å². The smallest absolute Gasteiger partial charge is 0.112 e. The fourth-order valence-corrected chi connectivity index (χ4v) is 2.55. The topological polar surface area (TPSA) is 50.9 Å². The molecule has 1 aromatic heterocycles. The van der Waals surface area contributed by atoms with E-state index < -0.39 is 0 Å². The van der Waals surface area contributed by atoms with Gasteiger partial charge >= 0.3 is 0 Å². The monoisotopic (exact) mass is 293 g/mol. The van der Waals surface area contributed by atoms with Crippen LogP contribution in [0.15, 0.2) is 54.6 Å². The van der Waals surface area contributed by atoms with Crippen LogP contribution in [0.2, 0.25) is 0 Å². The number of aromatic nitrogens is 3. The molecule has 0 atom stereocenters. The molecule has 0 spiro atoms. The normalized spacial score (nSPS) is 10.8. The Morgan fingerprint density at radius 3 is 2.45 bits per heavy atom. The maximum Gasteiger partial charge on any atom is 0.112 e. The Morgan fingerprint density at radius 2 is 1.73 bits per heavy atom. The summed E-state index contributed by atoms with van der Waals surface area (Å²) in [4.78, 5) is 0. The Balaban J connectivity index is 1.92. The van der Waals surface area contributed by atoms with Crippen LogP contribution in [-0.4, -0.2) is 20.1 Å². The largest absolute Gasteiger partial charge is 0.390 e. The van der Waals surface area contributed by atoms with E-state index in [1.807, 2.05) is 35.0 Å². The number of benzene rings is 2. The van der Waals surface area contributed by atoms with Gasteiger partial charge in [-0.3, -0.25) is 0 Å². The van der Waals surface area contributed by atoms with E-state index in [0.29, 0.717) is 12.2 Å². The number of hydrogen-bond donors (Lipinski definition) is 1. The molecule has 0 aliphatic rings. The third kappa shape index (κ3) is 3.07. The molecule has 112 valence electrons. The van der Waals surface area contributed by atoms with Gasteiger partial charge in [0, 0.05) is 6.42 Å². The first kappa shape index (κ1) is 14.5. The summed E-state index contributed by atoms with van der Waals surface area (Å²) in [7, 11) is 0. The molecule has 3 rings (SSSR count). The lowest BCUT2D eigenvalue weighted by Gasteiger charge is -2.10. The van der Waals surface area contributed by atoms with Crippen LogP contribution in [0.25, 0.3) is 0 Å². The zero-order chi connectivity index (χ0) is 15.4. The summed E-state index contributed by atoms with van der Waals surface area (Å²) in [6.45, 7) is 2.67. The summed E-state index contributed by atoms with van der Waals surface area (Å²) < 4.78 is 1.89. The summed E-state index contributed by atoms with van der Waals surface area (Å²) in [6.07, 6.45) is 0.718. The van der Waals surface area contributed by atoms with Crippen LogP contribution in [0, 0.1) is 6.92 Å². The van der Waals surface area contributed by atoms with Crippen LogP contribution in [-0.2, 0) is 19.6 Å². The van der Waals surface area contributed by atoms with Gasteiger partial charge in [-0.2, -0.15) is 0 Å². The second-order valence-electron chi connectivity index (χ2n) is 5.39. The van der Waals surface area contributed by atoms with Crippen LogP contribution in [0.3, 0.4) is 0 Å². The second kappa shape index (κ2) is 6.54. The Morgan fingerprint density at radius 1 is 1.00 bits per heavy atom. The van der Waals surface area contributed by atoms with Crippen molar-refractivity contribution in [3.63, 3.8) is 0 Å². The first-order valence-electron chi connectivity index (χ1n) is 7.38. The lowest BCUT2D eigenvalue weighted by Crippen LogP contribution is -2.09. The third-order valence-corrected chi connectivity index (χ3v) is 3.86. The van der Waals surface area contributed by atoms with Crippen molar-refractivity contribution in [1.29, 1.82) is 0 Å². The van der Waals surface area contributed by atoms with E-state index in [9.17, 15) is 5.11 Å². The van der Waals surface area contributed by atoms with Crippen molar-refractivity contribution in [3.05, 3.63) is 82.7 Å². The number of nitrogens with zero attached hydrogens (tertiary/aromatic N) is 3. The first-order chi connectivity index (χ1) is 10.8. The Bertz CT molecular complexity index is 750. The van der Waals surface area contributed by atoms with Crippen LogP contribution in [0.1, 0.15) is 28.1 Å². The third-order valence-electron chi connectivity index (χ3n) is 3.86. The number of aliphatic hydroxyl groups excluding tert-OH is 1. The van der Waals surface area contributed by atoms with Gasteiger partial charge in [0.2, 0.25) is 0 Å². The number of aliphatic hydroxyl groups is 1. The quantitative estimate of drug-likeness (QED) is 0.787. The van der Waals surface area contributed by atoms with Gasteiger partial charge in [-0.25, -0.2) is 4.68 Å². The number of rotatable bonds is 5. The van der Waals surface area contributed by atoms with Crippen LogP contribution >= 0.6 is 0 Å². The lowest BCUT2D eigenvalue weighted by molar-refractivity contribution is 0.275. The highest BCUT2D eigenvalue weighted by Gasteiger charge is 2.13. The molecule has 0 saturated carbocycles. The van der Waals surface area contributed by atoms with Crippen molar-refractivity contribution in [3.8, 4) is 0 Å². The molecule has 0 fully saturated rings. The van der Waals surface area contributed by atoms with Crippen molar-refractivity contribution >= 4 is 0 Å². The lowest BCUT2D eigenvalue weighted by atomic mass is 10.1. The zero-order valence-corrected chi connectivity index (χ0v) is 12.6. The molecule has 0 unspecified atom stereocenters. The van der Waals surface area contributed by atoms with Crippen molar-refractivity contribution < 1.29 is 5.11 Å². The van der Waals surface area contributed by atoms with Crippen LogP contribution < -0.4 is 0 Å². The van der Waals surface area contributed by atoms with E-state index in [1.165, 1.54) is 16.7 Å². The maximum absolute atomic E-state index is 9.51. The van der Waals surface area contributed by atoms with Gasteiger partial charge < -0.3 is 5.11 Å². The van der Waals surface area contributed by atoms with Gasteiger partial charge in [-0.1, -0.05) is 59.8 Å². The Labute approximate surface area is 130 Å². The molecule has 0 bridgehead atoms. The fourth-order valence-electron chi connectivity index (χ4n) is 2.55.